The summed E-state index contributed by atoms with van der Waals surface area (Å²) in [6, 6.07) is 2.87. The molecule has 1 aliphatic rings. The van der Waals surface area contributed by atoms with E-state index in [2.05, 4.69) is 5.32 Å². The second-order valence-electron chi connectivity index (χ2n) is 6.22. The summed E-state index contributed by atoms with van der Waals surface area (Å²) in [4.78, 5) is 25.7. The molecule has 0 bridgehead atoms. The van der Waals surface area contributed by atoms with Crippen molar-refractivity contribution in [3.8, 4) is 5.75 Å². The number of hydrogen-bond donors (Lipinski definition) is 1. The van der Waals surface area contributed by atoms with Crippen LogP contribution in [-0.2, 0) is 20.5 Å². The van der Waals surface area contributed by atoms with Gasteiger partial charge in [-0.25, -0.2) is 0 Å². The second kappa shape index (κ2) is 9.59. The Morgan fingerprint density at radius 1 is 1.22 bits per heavy atom. The molecule has 1 saturated heterocycles. The zero-order valence-corrected chi connectivity index (χ0v) is 15.1. The fourth-order valence-corrected chi connectivity index (χ4v) is 2.73. The molecule has 0 saturated carbocycles. The van der Waals surface area contributed by atoms with Crippen LogP contribution in [0.25, 0.3) is 0 Å². The Hall–Kier alpha value is -2.29. The maximum absolute atomic E-state index is 13.0. The molecule has 0 radical (unpaired) electrons. The molecular weight excluding hydrogens is 365 g/mol. The number of carbonyl (C=O) groups is 2. The number of benzene rings is 1. The van der Waals surface area contributed by atoms with Gasteiger partial charge >= 0.3 is 6.18 Å². The highest BCUT2D eigenvalue weighted by Gasteiger charge is 2.31. The topological polar surface area (TPSA) is 67.9 Å². The molecule has 1 heterocycles. The van der Waals surface area contributed by atoms with Crippen LogP contribution >= 0.6 is 0 Å². The first-order valence-electron chi connectivity index (χ1n) is 8.72. The maximum Gasteiger partial charge on any atom is 0.416 e. The summed E-state index contributed by atoms with van der Waals surface area (Å²) in [5.41, 5.74) is -0.990. The van der Waals surface area contributed by atoms with Crippen LogP contribution in [0.5, 0.6) is 5.75 Å². The number of ether oxygens (including phenoxy) is 2. The van der Waals surface area contributed by atoms with Crippen LogP contribution in [0.1, 0.15) is 31.2 Å². The van der Waals surface area contributed by atoms with E-state index in [4.69, 9.17) is 9.47 Å². The van der Waals surface area contributed by atoms with E-state index in [1.54, 1.807) is 0 Å². The summed E-state index contributed by atoms with van der Waals surface area (Å²) in [5, 5.41) is 2.44. The van der Waals surface area contributed by atoms with E-state index in [1.807, 2.05) is 0 Å². The van der Waals surface area contributed by atoms with Gasteiger partial charge in [-0.15, -0.1) is 0 Å². The van der Waals surface area contributed by atoms with E-state index >= 15 is 0 Å². The molecule has 27 heavy (non-hydrogen) atoms. The molecule has 0 aliphatic carbocycles. The van der Waals surface area contributed by atoms with Crippen molar-refractivity contribution in [2.75, 3.05) is 38.7 Å². The molecule has 1 aromatic carbocycles. The highest BCUT2D eigenvalue weighted by Crippen LogP contribution is 2.35. The molecule has 0 aromatic heterocycles. The van der Waals surface area contributed by atoms with Gasteiger partial charge in [0.05, 0.1) is 24.4 Å². The lowest BCUT2D eigenvalue weighted by Crippen LogP contribution is -2.37. The number of alkyl halides is 3. The molecule has 2 rings (SSSR count). The third-order valence-electron chi connectivity index (χ3n) is 4.13. The molecular formula is C18H23F3N2O4. The van der Waals surface area contributed by atoms with Gasteiger partial charge in [0.15, 0.2) is 0 Å². The van der Waals surface area contributed by atoms with Gasteiger partial charge in [0.25, 0.3) is 0 Å². The van der Waals surface area contributed by atoms with Crippen molar-refractivity contribution in [3.63, 3.8) is 0 Å². The number of halogens is 3. The molecule has 1 fully saturated rings. The van der Waals surface area contributed by atoms with Crippen molar-refractivity contribution >= 4 is 17.5 Å². The number of anilines is 1. The standard InChI is InChI=1S/C18H23F3N2O4/c1-26-9-10-27-15-7-6-13(18(19,20)21)11-14(15)22-16(24)12-23-8-4-2-3-5-17(23)25/h6-7,11H,2-5,8-10,12H2,1H3,(H,22,24). The predicted octanol–water partition coefficient (Wildman–Crippen LogP) is 3.07. The van der Waals surface area contributed by atoms with Crippen molar-refractivity contribution < 1.29 is 32.2 Å². The molecule has 1 aliphatic heterocycles. The highest BCUT2D eigenvalue weighted by molar-refractivity contribution is 5.95. The van der Waals surface area contributed by atoms with Gasteiger partial charge in [-0.05, 0) is 31.0 Å². The number of nitrogens with one attached hydrogen (secondary N) is 1. The first-order chi connectivity index (χ1) is 12.8. The minimum atomic E-state index is -4.55. The van der Waals surface area contributed by atoms with E-state index in [0.717, 1.165) is 37.5 Å². The van der Waals surface area contributed by atoms with Gasteiger partial charge in [0, 0.05) is 20.1 Å². The van der Waals surface area contributed by atoms with Crippen LogP contribution in [0.3, 0.4) is 0 Å². The van der Waals surface area contributed by atoms with Crippen molar-refractivity contribution in [2.24, 2.45) is 0 Å². The van der Waals surface area contributed by atoms with Crippen LogP contribution in [-0.4, -0.2) is 50.1 Å². The van der Waals surface area contributed by atoms with Gasteiger partial charge in [-0.3, -0.25) is 9.59 Å². The molecule has 2 amide bonds. The number of hydrogen-bond acceptors (Lipinski definition) is 4. The average molecular weight is 388 g/mol. The SMILES string of the molecule is COCCOc1ccc(C(F)(F)F)cc1NC(=O)CN1CCCCCC1=O. The van der Waals surface area contributed by atoms with E-state index in [9.17, 15) is 22.8 Å². The van der Waals surface area contributed by atoms with Crippen LogP contribution in [0, 0.1) is 0 Å². The molecule has 6 nitrogen and oxygen atoms in total. The zero-order chi connectivity index (χ0) is 19.9. The Labute approximate surface area is 155 Å². The summed E-state index contributed by atoms with van der Waals surface area (Å²) >= 11 is 0. The lowest BCUT2D eigenvalue weighted by Gasteiger charge is -2.21. The Balaban J connectivity index is 2.12. The molecule has 150 valence electrons. The fraction of sp³-hybridized carbons (Fsp3) is 0.556. The Kier molecular flexibility index (Phi) is 7.46. The molecule has 0 atom stereocenters. The summed E-state index contributed by atoms with van der Waals surface area (Å²) in [7, 11) is 1.47. The molecule has 0 spiro atoms. The van der Waals surface area contributed by atoms with Gasteiger partial charge in [-0.2, -0.15) is 13.2 Å². The van der Waals surface area contributed by atoms with Crippen LogP contribution in [0.2, 0.25) is 0 Å². The zero-order valence-electron chi connectivity index (χ0n) is 15.1. The molecule has 9 heteroatoms. The van der Waals surface area contributed by atoms with Crippen molar-refractivity contribution in [3.05, 3.63) is 23.8 Å². The second-order valence-corrected chi connectivity index (χ2v) is 6.22. The van der Waals surface area contributed by atoms with E-state index in [0.29, 0.717) is 13.0 Å². The number of carbonyl (C=O) groups excluding carboxylic acids is 2. The number of nitrogens with zero attached hydrogens (tertiary/aromatic N) is 1. The van der Waals surface area contributed by atoms with Crippen molar-refractivity contribution in [1.29, 1.82) is 0 Å². The monoisotopic (exact) mass is 388 g/mol. The summed E-state index contributed by atoms with van der Waals surface area (Å²) in [5.74, 6) is -0.583. The van der Waals surface area contributed by atoms with Gasteiger partial charge in [-0.1, -0.05) is 6.42 Å². The third kappa shape index (κ3) is 6.42. The molecule has 0 unspecified atom stereocenters. The Morgan fingerprint density at radius 3 is 2.70 bits per heavy atom. The van der Waals surface area contributed by atoms with E-state index in [-0.39, 0.29) is 37.1 Å². The number of rotatable bonds is 7. The largest absolute Gasteiger partial charge is 0.489 e. The quantitative estimate of drug-likeness (QED) is 0.729. The third-order valence-corrected chi connectivity index (χ3v) is 4.13. The molecule has 1 N–H and O–H groups in total. The lowest BCUT2D eigenvalue weighted by molar-refractivity contribution is -0.137. The van der Waals surface area contributed by atoms with E-state index < -0.39 is 17.6 Å². The maximum atomic E-state index is 13.0. The lowest BCUT2D eigenvalue weighted by atomic mass is 10.1. The van der Waals surface area contributed by atoms with Crippen molar-refractivity contribution in [2.45, 2.75) is 31.9 Å². The first-order valence-corrected chi connectivity index (χ1v) is 8.72. The van der Waals surface area contributed by atoms with Gasteiger partial charge in [0.2, 0.25) is 11.8 Å². The van der Waals surface area contributed by atoms with E-state index in [1.165, 1.54) is 12.0 Å². The highest BCUT2D eigenvalue weighted by atomic mass is 19.4. The summed E-state index contributed by atoms with van der Waals surface area (Å²) < 4.78 is 49.2. The minimum absolute atomic E-state index is 0.0896. The van der Waals surface area contributed by atoms with Crippen LogP contribution < -0.4 is 10.1 Å². The van der Waals surface area contributed by atoms with Gasteiger partial charge in [0.1, 0.15) is 12.4 Å². The van der Waals surface area contributed by atoms with Crippen molar-refractivity contribution in [1.82, 2.24) is 4.90 Å². The normalized spacial score (nSPS) is 15.4. The average Bonchev–Trinajstić information content (AvgIpc) is 2.80. The summed E-state index contributed by atoms with van der Waals surface area (Å²) in [6.45, 7) is 0.630. The number of amides is 2. The first kappa shape index (κ1) is 21.0. The minimum Gasteiger partial charge on any atom is -0.489 e. The molecule has 1 aromatic rings. The van der Waals surface area contributed by atoms with Crippen LogP contribution in [0.4, 0.5) is 18.9 Å². The Bertz CT molecular complexity index is 664. The van der Waals surface area contributed by atoms with Gasteiger partial charge < -0.3 is 19.7 Å². The number of likely N-dealkylation sites (tertiary alicyclic amines) is 1. The number of methoxy groups -OCH3 is 1. The fourth-order valence-electron chi connectivity index (χ4n) is 2.73. The summed E-state index contributed by atoms with van der Waals surface area (Å²) in [6.07, 6.45) is -1.68. The smallest absolute Gasteiger partial charge is 0.416 e. The van der Waals surface area contributed by atoms with Crippen LogP contribution in [0.15, 0.2) is 18.2 Å². The Morgan fingerprint density at radius 2 is 2.00 bits per heavy atom. The predicted molar refractivity (Wildman–Crippen MR) is 92.5 cm³/mol.